The molecular formula is C83H138O17P2. The number of aliphatic hydroxyl groups excluding tert-OH is 1. The van der Waals surface area contributed by atoms with Crippen molar-refractivity contribution in [2.45, 2.75) is 316 Å². The lowest BCUT2D eigenvalue weighted by molar-refractivity contribution is -0.161. The SMILES string of the molecule is CC/C=C\C/C=C\C/C=C\CCCCCCCCCC(=O)OCC(COP(=O)(O)OCC(O)COP(=O)(O)OCC(COC(=O)CCCCCCC/C=C\C/C=C\C/C=C\CC)OC(=O)CCCCCCC/C=C\C/C=C\C/C=C\CC)OC(=O)CCCCCCC/C=C\C/C=C\C/C=C\CC. The Hall–Kier alpha value is -5.06. The van der Waals surface area contributed by atoms with E-state index in [1.165, 1.54) is 0 Å². The number of phosphoric ester groups is 2. The highest BCUT2D eigenvalue weighted by atomic mass is 31.2. The minimum absolute atomic E-state index is 0.0673. The van der Waals surface area contributed by atoms with E-state index in [1.54, 1.807) is 0 Å². The lowest BCUT2D eigenvalue weighted by Gasteiger charge is -2.21. The summed E-state index contributed by atoms with van der Waals surface area (Å²) in [5, 5.41) is 10.6. The first-order valence-electron chi connectivity index (χ1n) is 39.1. The van der Waals surface area contributed by atoms with Crippen LogP contribution < -0.4 is 0 Å². The average Bonchev–Trinajstić information content (AvgIpc) is 0.923. The van der Waals surface area contributed by atoms with Crippen LogP contribution >= 0.6 is 15.6 Å². The number of allylic oxidation sites excluding steroid dienone is 24. The molecule has 0 bridgehead atoms. The van der Waals surface area contributed by atoms with Crippen LogP contribution in [0.5, 0.6) is 0 Å². The van der Waals surface area contributed by atoms with E-state index < -0.39 is 97.5 Å². The van der Waals surface area contributed by atoms with Gasteiger partial charge in [0.25, 0.3) is 0 Å². The number of unbranched alkanes of at least 4 members (excludes halogenated alkanes) is 22. The van der Waals surface area contributed by atoms with Crippen molar-refractivity contribution < 1.29 is 80.2 Å². The summed E-state index contributed by atoms with van der Waals surface area (Å²) in [5.74, 6) is -2.24. The second-order valence-electron chi connectivity index (χ2n) is 25.5. The molecule has 19 heteroatoms. The number of hydrogen-bond donors (Lipinski definition) is 3. The molecule has 582 valence electrons. The maximum absolute atomic E-state index is 13.1. The zero-order valence-electron chi connectivity index (χ0n) is 63.5. The summed E-state index contributed by atoms with van der Waals surface area (Å²) < 4.78 is 68.5. The zero-order chi connectivity index (χ0) is 74.6. The largest absolute Gasteiger partial charge is 0.472 e. The van der Waals surface area contributed by atoms with E-state index in [4.69, 9.17) is 37.0 Å². The molecule has 0 aliphatic heterocycles. The van der Waals surface area contributed by atoms with Gasteiger partial charge in [0.15, 0.2) is 12.2 Å². The minimum Gasteiger partial charge on any atom is -0.462 e. The number of hydrogen-bond acceptors (Lipinski definition) is 15. The fourth-order valence-electron chi connectivity index (χ4n) is 9.98. The monoisotopic (exact) mass is 1470 g/mol. The van der Waals surface area contributed by atoms with Crippen molar-refractivity contribution in [3.05, 3.63) is 146 Å². The Morgan fingerprint density at radius 3 is 0.735 bits per heavy atom. The van der Waals surface area contributed by atoms with Gasteiger partial charge in [0, 0.05) is 25.7 Å². The van der Waals surface area contributed by atoms with Crippen LogP contribution in [0.2, 0.25) is 0 Å². The summed E-state index contributed by atoms with van der Waals surface area (Å²) >= 11 is 0. The third-order valence-corrected chi connectivity index (χ3v) is 17.7. The highest BCUT2D eigenvalue weighted by molar-refractivity contribution is 7.47. The molecule has 0 amide bonds. The molecule has 5 unspecified atom stereocenters. The normalized spacial score (nSPS) is 14.7. The van der Waals surface area contributed by atoms with Gasteiger partial charge in [-0.25, -0.2) is 9.13 Å². The van der Waals surface area contributed by atoms with Gasteiger partial charge in [0.2, 0.25) is 0 Å². The van der Waals surface area contributed by atoms with Crippen LogP contribution in [0.4, 0.5) is 0 Å². The summed E-state index contributed by atoms with van der Waals surface area (Å²) in [6.07, 6.45) is 84.0. The fraction of sp³-hybridized carbons (Fsp3) is 0.663. The van der Waals surface area contributed by atoms with Gasteiger partial charge in [-0.2, -0.15) is 0 Å². The van der Waals surface area contributed by atoms with Gasteiger partial charge in [-0.15, -0.1) is 0 Å². The van der Waals surface area contributed by atoms with Crippen LogP contribution in [0.3, 0.4) is 0 Å². The number of rotatable bonds is 72. The Morgan fingerprint density at radius 2 is 0.480 bits per heavy atom. The number of esters is 4. The van der Waals surface area contributed by atoms with Crippen LogP contribution in [0.15, 0.2) is 146 Å². The highest BCUT2D eigenvalue weighted by Crippen LogP contribution is 2.45. The molecule has 0 fully saturated rings. The van der Waals surface area contributed by atoms with Crippen molar-refractivity contribution in [3.8, 4) is 0 Å². The van der Waals surface area contributed by atoms with Crippen molar-refractivity contribution in [1.29, 1.82) is 0 Å². The lowest BCUT2D eigenvalue weighted by atomic mass is 10.1. The predicted molar refractivity (Wildman–Crippen MR) is 417 cm³/mol. The Bertz CT molecular complexity index is 2510. The lowest BCUT2D eigenvalue weighted by Crippen LogP contribution is -2.30. The molecule has 17 nitrogen and oxygen atoms in total. The first-order chi connectivity index (χ1) is 49.7. The molecule has 0 aromatic heterocycles. The van der Waals surface area contributed by atoms with Gasteiger partial charge in [0.1, 0.15) is 19.3 Å². The quantitative estimate of drug-likeness (QED) is 0.0169. The van der Waals surface area contributed by atoms with Gasteiger partial charge < -0.3 is 33.8 Å². The number of carbonyl (C=O) groups excluding carboxylic acids is 4. The van der Waals surface area contributed by atoms with Gasteiger partial charge in [-0.05, 0) is 154 Å². The second-order valence-corrected chi connectivity index (χ2v) is 28.4. The molecular weight excluding hydrogens is 1330 g/mol. The topological polar surface area (TPSA) is 237 Å². The van der Waals surface area contributed by atoms with Gasteiger partial charge in [-0.1, -0.05) is 263 Å². The van der Waals surface area contributed by atoms with Crippen LogP contribution in [0.1, 0.15) is 297 Å². The first kappa shape index (κ1) is 96.9. The molecule has 0 saturated heterocycles. The van der Waals surface area contributed by atoms with Crippen molar-refractivity contribution in [3.63, 3.8) is 0 Å². The van der Waals surface area contributed by atoms with Crippen LogP contribution in [0.25, 0.3) is 0 Å². The smallest absolute Gasteiger partial charge is 0.462 e. The minimum atomic E-state index is -4.99. The van der Waals surface area contributed by atoms with Crippen LogP contribution in [0, 0.1) is 0 Å². The Balaban J connectivity index is 5.41. The fourth-order valence-corrected chi connectivity index (χ4v) is 11.6. The van der Waals surface area contributed by atoms with Crippen LogP contribution in [-0.2, 0) is 65.4 Å². The Kier molecular flexibility index (Phi) is 70.5. The van der Waals surface area contributed by atoms with E-state index in [0.29, 0.717) is 25.7 Å². The van der Waals surface area contributed by atoms with Crippen molar-refractivity contribution in [2.75, 3.05) is 39.6 Å². The third kappa shape index (κ3) is 73.3. The van der Waals surface area contributed by atoms with Crippen molar-refractivity contribution >= 4 is 39.5 Å². The molecule has 0 aliphatic carbocycles. The molecule has 0 spiro atoms. The molecule has 5 atom stereocenters. The molecule has 0 saturated carbocycles. The number of ether oxygens (including phenoxy) is 4. The predicted octanol–water partition coefficient (Wildman–Crippen LogP) is 22.7. The van der Waals surface area contributed by atoms with E-state index >= 15 is 0 Å². The Morgan fingerprint density at radius 1 is 0.275 bits per heavy atom. The Labute approximate surface area is 617 Å². The van der Waals surface area contributed by atoms with Crippen LogP contribution in [-0.4, -0.2) is 96.7 Å². The highest BCUT2D eigenvalue weighted by Gasteiger charge is 2.30. The maximum atomic E-state index is 13.1. The molecule has 0 aliphatic rings. The van der Waals surface area contributed by atoms with E-state index in [9.17, 15) is 43.2 Å². The third-order valence-electron chi connectivity index (χ3n) is 15.8. The van der Waals surface area contributed by atoms with Gasteiger partial charge in [0.05, 0.1) is 26.4 Å². The molecule has 0 aromatic carbocycles. The van der Waals surface area contributed by atoms with Crippen molar-refractivity contribution in [1.82, 2.24) is 0 Å². The van der Waals surface area contributed by atoms with Gasteiger partial charge >= 0.3 is 39.5 Å². The summed E-state index contributed by atoms with van der Waals surface area (Å²) in [5.41, 5.74) is 0. The molecule has 102 heavy (non-hydrogen) atoms. The van der Waals surface area contributed by atoms with E-state index in [2.05, 4.69) is 174 Å². The number of aliphatic hydroxyl groups is 1. The first-order valence-corrected chi connectivity index (χ1v) is 42.1. The number of phosphoric acid groups is 2. The van der Waals surface area contributed by atoms with Crippen molar-refractivity contribution in [2.24, 2.45) is 0 Å². The van der Waals surface area contributed by atoms with E-state index in [-0.39, 0.29) is 25.7 Å². The van der Waals surface area contributed by atoms with E-state index in [1.807, 2.05) is 0 Å². The molecule has 0 aromatic rings. The average molecular weight is 1470 g/mol. The molecule has 0 rings (SSSR count). The molecule has 3 N–H and O–H groups in total. The zero-order valence-corrected chi connectivity index (χ0v) is 65.3. The standard InChI is InChI=1S/C83H138O17P2/c1-5-9-13-17-21-25-29-33-37-38-42-44-48-52-56-60-64-68-81(86)94-74-79(100-83(88)70-66-62-58-54-50-46-41-36-32-28-24-20-16-12-8-4)76-98-102(91,92)96-72-77(84)71-95-101(89,90)97-75-78(99-82(87)69-65-61-57-53-49-45-40-35-31-27-23-19-15-11-7-3)73-93-80(85)67-63-59-55-51-47-43-39-34-30-26-22-18-14-10-6-2/h9-16,21-28,33-37,39-41,77-79,84H,5-8,17-20,29-32,38,42-76H2,1-4H3,(H,89,90)(H,91,92)/b13-9-,14-10-,15-11-,16-12-,25-21-,26-22-,27-23-,28-24-,37-33-,39-34-,40-35-,41-36-. The molecule has 0 radical (unpaired) electrons. The maximum Gasteiger partial charge on any atom is 0.472 e. The second kappa shape index (κ2) is 74.2. The summed E-state index contributed by atoms with van der Waals surface area (Å²) in [6, 6.07) is 0. The van der Waals surface area contributed by atoms with E-state index in [0.717, 1.165) is 218 Å². The van der Waals surface area contributed by atoms with Gasteiger partial charge in [-0.3, -0.25) is 37.3 Å². The summed E-state index contributed by atoms with van der Waals surface area (Å²) in [4.78, 5) is 73.0. The summed E-state index contributed by atoms with van der Waals surface area (Å²) in [7, 11) is -9.98. The molecule has 0 heterocycles. The number of carbonyl (C=O) groups is 4. The summed E-state index contributed by atoms with van der Waals surface area (Å²) in [6.45, 7) is 4.36.